The van der Waals surface area contributed by atoms with E-state index in [2.05, 4.69) is 10.6 Å². The van der Waals surface area contributed by atoms with Crippen molar-refractivity contribution in [1.82, 2.24) is 15.5 Å². The van der Waals surface area contributed by atoms with E-state index in [0.717, 1.165) is 12.2 Å². The normalized spacial score (nSPS) is 17.7. The van der Waals surface area contributed by atoms with Crippen molar-refractivity contribution in [2.24, 2.45) is 0 Å². The molecule has 0 bridgehead atoms. The van der Waals surface area contributed by atoms with E-state index in [9.17, 15) is 14.4 Å². The highest BCUT2D eigenvalue weighted by Crippen LogP contribution is 2.17. The van der Waals surface area contributed by atoms with Crippen LogP contribution in [0.25, 0.3) is 0 Å². The highest BCUT2D eigenvalue weighted by molar-refractivity contribution is 7.99. The molecule has 2 heterocycles. The van der Waals surface area contributed by atoms with Gasteiger partial charge in [0.1, 0.15) is 6.04 Å². The number of nitrogens with zero attached hydrogens (tertiary/aromatic N) is 1. The lowest BCUT2D eigenvalue weighted by atomic mass is 10.2. The van der Waals surface area contributed by atoms with Gasteiger partial charge in [0.2, 0.25) is 5.91 Å². The van der Waals surface area contributed by atoms with Gasteiger partial charge in [-0.3, -0.25) is 19.8 Å². The van der Waals surface area contributed by atoms with E-state index in [1.807, 2.05) is 17.5 Å². The van der Waals surface area contributed by atoms with Gasteiger partial charge in [-0.25, -0.2) is 4.79 Å². The summed E-state index contributed by atoms with van der Waals surface area (Å²) in [4.78, 5) is 38.8. The monoisotopic (exact) mass is 385 g/mol. The highest BCUT2D eigenvalue weighted by atomic mass is 32.2. The number of amides is 3. The maximum atomic E-state index is 12.1. The summed E-state index contributed by atoms with van der Waals surface area (Å²) in [6, 6.07) is 3.01. The van der Waals surface area contributed by atoms with Crippen LogP contribution in [-0.2, 0) is 20.7 Å². The van der Waals surface area contributed by atoms with Gasteiger partial charge in [0.05, 0.1) is 13.2 Å². The van der Waals surface area contributed by atoms with Gasteiger partial charge >= 0.3 is 12.0 Å². The SMILES string of the molecule is CCOC(=O)[C@@H]1CSCCN1CC(=O)NC(=O)NCCc1cccs1. The van der Waals surface area contributed by atoms with Gasteiger partial charge in [0, 0.05) is 29.5 Å². The van der Waals surface area contributed by atoms with Crippen molar-refractivity contribution in [1.29, 1.82) is 0 Å². The summed E-state index contributed by atoms with van der Waals surface area (Å²) < 4.78 is 5.06. The van der Waals surface area contributed by atoms with Crippen LogP contribution < -0.4 is 10.6 Å². The number of hydrogen-bond acceptors (Lipinski definition) is 7. The van der Waals surface area contributed by atoms with Gasteiger partial charge in [-0.1, -0.05) is 6.07 Å². The van der Waals surface area contributed by atoms with Crippen molar-refractivity contribution < 1.29 is 19.1 Å². The van der Waals surface area contributed by atoms with E-state index in [4.69, 9.17) is 4.74 Å². The predicted molar refractivity (Wildman–Crippen MR) is 98.9 cm³/mol. The van der Waals surface area contributed by atoms with Gasteiger partial charge < -0.3 is 10.1 Å². The van der Waals surface area contributed by atoms with Crippen molar-refractivity contribution in [2.75, 3.05) is 37.7 Å². The molecule has 2 N–H and O–H groups in total. The maximum Gasteiger partial charge on any atom is 0.324 e. The maximum absolute atomic E-state index is 12.1. The molecule has 2 rings (SSSR count). The standard InChI is InChI=1S/C16H23N3O4S2/c1-2-23-15(21)13-11-24-9-7-19(13)10-14(20)18-16(22)17-6-5-12-4-3-8-25-12/h3-4,8,13H,2,5-7,9-11H2,1H3,(H2,17,18,20,22)/t13-/m0/s1. The van der Waals surface area contributed by atoms with E-state index in [1.54, 1.807) is 34.9 Å². The lowest BCUT2D eigenvalue weighted by Crippen LogP contribution is -2.53. The van der Waals surface area contributed by atoms with Crippen LogP contribution in [0.15, 0.2) is 17.5 Å². The van der Waals surface area contributed by atoms with Crippen LogP contribution in [-0.4, -0.2) is 66.6 Å². The molecule has 1 aliphatic heterocycles. The minimum absolute atomic E-state index is 0.00237. The second-order valence-electron chi connectivity index (χ2n) is 5.45. The topological polar surface area (TPSA) is 87.7 Å². The van der Waals surface area contributed by atoms with Crippen LogP contribution in [0.2, 0.25) is 0 Å². The fraction of sp³-hybridized carbons (Fsp3) is 0.562. The van der Waals surface area contributed by atoms with Gasteiger partial charge in [-0.15, -0.1) is 11.3 Å². The Morgan fingerprint density at radius 3 is 2.96 bits per heavy atom. The first-order chi connectivity index (χ1) is 12.1. The van der Waals surface area contributed by atoms with Crippen molar-refractivity contribution >= 4 is 41.0 Å². The molecule has 0 spiro atoms. The smallest absolute Gasteiger partial charge is 0.324 e. The number of esters is 1. The van der Waals surface area contributed by atoms with Gasteiger partial charge in [0.25, 0.3) is 0 Å². The zero-order valence-corrected chi connectivity index (χ0v) is 15.8. The Hall–Kier alpha value is -1.58. The first-order valence-electron chi connectivity index (χ1n) is 8.18. The Labute approximate surface area is 155 Å². The Balaban J connectivity index is 1.73. The zero-order valence-electron chi connectivity index (χ0n) is 14.2. The van der Waals surface area contributed by atoms with Crippen LogP contribution in [0.5, 0.6) is 0 Å². The molecule has 7 nitrogen and oxygen atoms in total. The predicted octanol–water partition coefficient (Wildman–Crippen LogP) is 1.10. The Bertz CT molecular complexity index is 580. The van der Waals surface area contributed by atoms with Crippen molar-refractivity contribution in [3.63, 3.8) is 0 Å². The molecule has 138 valence electrons. The largest absolute Gasteiger partial charge is 0.465 e. The molecule has 0 saturated carbocycles. The molecule has 3 amide bonds. The summed E-state index contributed by atoms with van der Waals surface area (Å²) in [6.45, 7) is 3.15. The average Bonchev–Trinajstić information content (AvgIpc) is 3.08. The Morgan fingerprint density at radius 1 is 1.40 bits per heavy atom. The number of urea groups is 1. The molecule has 0 unspecified atom stereocenters. The Morgan fingerprint density at radius 2 is 2.24 bits per heavy atom. The van der Waals surface area contributed by atoms with Crippen LogP contribution in [0, 0.1) is 0 Å². The molecular weight excluding hydrogens is 362 g/mol. The molecule has 1 saturated heterocycles. The quantitative estimate of drug-likeness (QED) is 0.684. The first kappa shape index (κ1) is 19.7. The number of nitrogens with one attached hydrogen (secondary N) is 2. The summed E-state index contributed by atoms with van der Waals surface area (Å²) in [5.74, 6) is 0.702. The molecular formula is C16H23N3O4S2. The number of imide groups is 1. The third kappa shape index (κ3) is 6.68. The molecule has 0 radical (unpaired) electrons. The van der Waals surface area contributed by atoms with Gasteiger partial charge in [0.15, 0.2) is 0 Å². The fourth-order valence-corrected chi connectivity index (χ4v) is 4.24. The zero-order chi connectivity index (χ0) is 18.1. The van der Waals surface area contributed by atoms with Crippen molar-refractivity contribution in [3.05, 3.63) is 22.4 Å². The molecule has 0 aliphatic carbocycles. The van der Waals surface area contributed by atoms with Crippen LogP contribution in [0.1, 0.15) is 11.8 Å². The lowest BCUT2D eigenvalue weighted by Gasteiger charge is -2.32. The lowest BCUT2D eigenvalue weighted by molar-refractivity contribution is -0.149. The second-order valence-corrected chi connectivity index (χ2v) is 7.63. The first-order valence-corrected chi connectivity index (χ1v) is 10.2. The van der Waals surface area contributed by atoms with Crippen molar-refractivity contribution in [3.8, 4) is 0 Å². The third-order valence-corrected chi connectivity index (χ3v) is 5.59. The second kappa shape index (κ2) is 10.4. The van der Waals surface area contributed by atoms with Gasteiger partial charge in [-0.2, -0.15) is 11.8 Å². The van der Waals surface area contributed by atoms with Crippen LogP contribution >= 0.6 is 23.1 Å². The third-order valence-electron chi connectivity index (χ3n) is 3.63. The molecule has 1 aliphatic rings. The van der Waals surface area contributed by atoms with E-state index in [0.29, 0.717) is 25.4 Å². The summed E-state index contributed by atoms with van der Waals surface area (Å²) in [5, 5.41) is 6.96. The molecule has 1 fully saturated rings. The molecule has 1 aromatic rings. The summed E-state index contributed by atoms with van der Waals surface area (Å²) in [5.41, 5.74) is 0. The Kier molecular flexibility index (Phi) is 8.23. The summed E-state index contributed by atoms with van der Waals surface area (Å²) in [6.07, 6.45) is 0.730. The number of thiophene rings is 1. The van der Waals surface area contributed by atoms with E-state index in [-0.39, 0.29) is 12.5 Å². The molecule has 25 heavy (non-hydrogen) atoms. The van der Waals surface area contributed by atoms with E-state index in [1.165, 1.54) is 4.88 Å². The number of thioether (sulfide) groups is 1. The van der Waals surface area contributed by atoms with E-state index >= 15 is 0 Å². The van der Waals surface area contributed by atoms with Gasteiger partial charge in [-0.05, 0) is 24.8 Å². The number of carbonyl (C=O) groups is 3. The number of ether oxygens (including phenoxy) is 1. The highest BCUT2D eigenvalue weighted by Gasteiger charge is 2.31. The summed E-state index contributed by atoms with van der Waals surface area (Å²) in [7, 11) is 0. The number of rotatable bonds is 7. The minimum atomic E-state index is -0.513. The van der Waals surface area contributed by atoms with E-state index < -0.39 is 18.0 Å². The van der Waals surface area contributed by atoms with Crippen molar-refractivity contribution in [2.45, 2.75) is 19.4 Å². The minimum Gasteiger partial charge on any atom is -0.465 e. The molecule has 1 atom stereocenters. The molecule has 9 heteroatoms. The van der Waals surface area contributed by atoms with Crippen LogP contribution in [0.4, 0.5) is 4.79 Å². The number of hydrogen-bond donors (Lipinski definition) is 2. The number of carbonyl (C=O) groups excluding carboxylic acids is 3. The molecule has 1 aromatic heterocycles. The fourth-order valence-electron chi connectivity index (χ4n) is 2.43. The molecule has 0 aromatic carbocycles. The van der Waals surface area contributed by atoms with Crippen LogP contribution in [0.3, 0.4) is 0 Å². The summed E-state index contributed by atoms with van der Waals surface area (Å²) >= 11 is 3.29. The average molecular weight is 386 g/mol.